The molecule has 0 radical (unpaired) electrons. The van der Waals surface area contributed by atoms with Crippen LogP contribution in [0.15, 0.2) is 11.1 Å². The summed E-state index contributed by atoms with van der Waals surface area (Å²) in [6, 6.07) is 3.55. The number of ketones is 1. The van der Waals surface area contributed by atoms with E-state index in [1.54, 1.807) is 14.0 Å². The predicted molar refractivity (Wildman–Crippen MR) is 83.9 cm³/mol. The van der Waals surface area contributed by atoms with Gasteiger partial charge in [-0.3, -0.25) is 9.59 Å². The number of amides is 1. The summed E-state index contributed by atoms with van der Waals surface area (Å²) < 4.78 is 4.90. The fraction of sp³-hybridized carbons (Fsp3) is 0.467. The van der Waals surface area contributed by atoms with E-state index in [1.807, 2.05) is 6.07 Å². The molecule has 1 heterocycles. The third-order valence-corrected chi connectivity index (χ3v) is 3.86. The number of carbonyl (C=O) groups excluding carboxylic acids is 2. The van der Waals surface area contributed by atoms with Gasteiger partial charge in [-0.05, 0) is 26.3 Å². The lowest BCUT2D eigenvalue weighted by Gasteiger charge is -2.08. The van der Waals surface area contributed by atoms with Gasteiger partial charge in [0, 0.05) is 31.5 Å². The summed E-state index contributed by atoms with van der Waals surface area (Å²) in [6.45, 7) is 4.30. The minimum atomic E-state index is -0.131. The Morgan fingerprint density at radius 1 is 1.50 bits per heavy atom. The van der Waals surface area contributed by atoms with Crippen LogP contribution in [0.25, 0.3) is 0 Å². The maximum atomic E-state index is 11.7. The number of pyridine rings is 1. The highest BCUT2D eigenvalue weighted by molar-refractivity contribution is 8.00. The van der Waals surface area contributed by atoms with Crippen LogP contribution in [-0.4, -0.2) is 42.7 Å². The summed E-state index contributed by atoms with van der Waals surface area (Å²) >= 11 is 1.19. The van der Waals surface area contributed by atoms with Crippen molar-refractivity contribution in [2.75, 3.05) is 26.0 Å². The van der Waals surface area contributed by atoms with Gasteiger partial charge >= 0.3 is 0 Å². The summed E-state index contributed by atoms with van der Waals surface area (Å²) in [5.74, 6) is -0.0814. The molecule has 7 heteroatoms. The van der Waals surface area contributed by atoms with Crippen molar-refractivity contribution in [3.05, 3.63) is 22.9 Å². The van der Waals surface area contributed by atoms with Crippen LogP contribution in [0.1, 0.15) is 35.0 Å². The average Bonchev–Trinajstić information content (AvgIpc) is 2.49. The first-order valence-electron chi connectivity index (χ1n) is 6.80. The number of ether oxygens (including phenoxy) is 1. The van der Waals surface area contributed by atoms with Gasteiger partial charge in [-0.25, -0.2) is 4.98 Å². The zero-order valence-electron chi connectivity index (χ0n) is 12.9. The molecule has 1 rings (SSSR count). The van der Waals surface area contributed by atoms with Crippen molar-refractivity contribution in [2.45, 2.75) is 25.3 Å². The Morgan fingerprint density at radius 2 is 2.23 bits per heavy atom. The molecule has 1 aromatic rings. The third-order valence-electron chi connectivity index (χ3n) is 2.87. The van der Waals surface area contributed by atoms with E-state index >= 15 is 0 Å². The van der Waals surface area contributed by atoms with E-state index in [0.717, 1.165) is 6.42 Å². The number of methoxy groups -OCH3 is 1. The minimum Gasteiger partial charge on any atom is -0.385 e. The Bertz CT molecular complexity index is 596. The molecule has 1 aromatic heterocycles. The Balaban J connectivity index is 2.66. The van der Waals surface area contributed by atoms with Gasteiger partial charge in [0.1, 0.15) is 11.1 Å². The zero-order chi connectivity index (χ0) is 16.5. The molecule has 0 aliphatic carbocycles. The van der Waals surface area contributed by atoms with Crippen molar-refractivity contribution in [1.82, 2.24) is 10.3 Å². The monoisotopic (exact) mass is 321 g/mol. The Kier molecular flexibility index (Phi) is 7.57. The molecule has 0 spiro atoms. The van der Waals surface area contributed by atoms with Crippen molar-refractivity contribution in [2.24, 2.45) is 0 Å². The SMILES string of the molecule is COCCCNC(=O)CSc1nc(C)c(C(C)=O)cc1C#N. The highest BCUT2D eigenvalue weighted by atomic mass is 32.2. The number of nitrogens with one attached hydrogen (secondary N) is 1. The van der Waals surface area contributed by atoms with Crippen molar-refractivity contribution < 1.29 is 14.3 Å². The number of nitriles is 1. The lowest BCUT2D eigenvalue weighted by atomic mass is 10.1. The smallest absolute Gasteiger partial charge is 0.230 e. The number of hydrogen-bond donors (Lipinski definition) is 1. The zero-order valence-corrected chi connectivity index (χ0v) is 13.7. The van der Waals surface area contributed by atoms with Gasteiger partial charge in [0.2, 0.25) is 5.91 Å². The number of Topliss-reactive ketones (excluding diaryl/α,β-unsaturated/α-hetero) is 1. The van der Waals surface area contributed by atoms with Gasteiger partial charge in [-0.15, -0.1) is 0 Å². The molecule has 6 nitrogen and oxygen atoms in total. The molecular formula is C15H19N3O3S. The first-order valence-corrected chi connectivity index (χ1v) is 7.79. The van der Waals surface area contributed by atoms with E-state index < -0.39 is 0 Å². The van der Waals surface area contributed by atoms with Crippen LogP contribution in [0, 0.1) is 18.3 Å². The minimum absolute atomic E-state index is 0.125. The Morgan fingerprint density at radius 3 is 2.82 bits per heavy atom. The number of aromatic nitrogens is 1. The summed E-state index contributed by atoms with van der Waals surface area (Å²) in [7, 11) is 1.61. The highest BCUT2D eigenvalue weighted by Crippen LogP contribution is 2.22. The first kappa shape index (κ1) is 18.1. The molecule has 0 aromatic carbocycles. The molecule has 0 fully saturated rings. The number of carbonyl (C=O) groups is 2. The van der Waals surface area contributed by atoms with Crippen LogP contribution in [0.3, 0.4) is 0 Å². The summed E-state index contributed by atoms with van der Waals surface area (Å²) in [5, 5.41) is 12.4. The molecule has 0 atom stereocenters. The van der Waals surface area contributed by atoms with Crippen LogP contribution < -0.4 is 5.32 Å². The van der Waals surface area contributed by atoms with Gasteiger partial charge in [0.15, 0.2) is 5.78 Å². The maximum Gasteiger partial charge on any atom is 0.230 e. The molecule has 0 saturated carbocycles. The molecule has 0 saturated heterocycles. The second-order valence-electron chi connectivity index (χ2n) is 4.63. The lowest BCUT2D eigenvalue weighted by molar-refractivity contribution is -0.118. The van der Waals surface area contributed by atoms with Crippen molar-refractivity contribution in [3.8, 4) is 6.07 Å². The topological polar surface area (TPSA) is 92.1 Å². The summed E-state index contributed by atoms with van der Waals surface area (Å²) in [4.78, 5) is 27.4. The first-order chi connectivity index (χ1) is 10.5. The molecule has 0 bridgehead atoms. The van der Waals surface area contributed by atoms with E-state index in [0.29, 0.717) is 35.0 Å². The van der Waals surface area contributed by atoms with Gasteiger partial charge in [0.25, 0.3) is 0 Å². The molecule has 1 amide bonds. The van der Waals surface area contributed by atoms with Gasteiger partial charge in [-0.1, -0.05) is 11.8 Å². The third kappa shape index (κ3) is 5.47. The fourth-order valence-electron chi connectivity index (χ4n) is 1.76. The van der Waals surface area contributed by atoms with Crippen LogP contribution in [0.4, 0.5) is 0 Å². The Hall–Kier alpha value is -1.91. The van der Waals surface area contributed by atoms with Crippen LogP contribution >= 0.6 is 11.8 Å². The van der Waals surface area contributed by atoms with Crippen LogP contribution in [0.5, 0.6) is 0 Å². The largest absolute Gasteiger partial charge is 0.385 e. The average molecular weight is 321 g/mol. The van der Waals surface area contributed by atoms with Gasteiger partial charge < -0.3 is 10.1 Å². The molecule has 0 aliphatic rings. The molecule has 118 valence electrons. The number of aryl methyl sites for hydroxylation is 1. The maximum absolute atomic E-state index is 11.7. The van der Waals surface area contributed by atoms with Gasteiger partial charge in [0.05, 0.1) is 11.3 Å². The normalized spacial score (nSPS) is 10.1. The molecule has 1 N–H and O–H groups in total. The Labute approximate surface area is 134 Å². The van der Waals surface area contributed by atoms with Crippen molar-refractivity contribution in [1.29, 1.82) is 5.26 Å². The van der Waals surface area contributed by atoms with E-state index in [-0.39, 0.29) is 17.4 Å². The second kappa shape index (κ2) is 9.18. The molecular weight excluding hydrogens is 302 g/mol. The molecule has 0 unspecified atom stereocenters. The number of rotatable bonds is 8. The van der Waals surface area contributed by atoms with Gasteiger partial charge in [-0.2, -0.15) is 5.26 Å². The van der Waals surface area contributed by atoms with Crippen molar-refractivity contribution >= 4 is 23.5 Å². The number of thioether (sulfide) groups is 1. The molecule has 22 heavy (non-hydrogen) atoms. The standard InChI is InChI=1S/C15H19N3O3S/c1-10-13(11(2)19)7-12(8-16)15(18-10)22-9-14(20)17-5-4-6-21-3/h7H,4-6,9H2,1-3H3,(H,17,20). The molecule has 0 aliphatic heterocycles. The quantitative estimate of drug-likeness (QED) is 0.445. The van der Waals surface area contributed by atoms with E-state index in [2.05, 4.69) is 10.3 Å². The summed E-state index contributed by atoms with van der Waals surface area (Å²) in [6.07, 6.45) is 0.751. The van der Waals surface area contributed by atoms with Crippen molar-refractivity contribution in [3.63, 3.8) is 0 Å². The van der Waals surface area contributed by atoms with E-state index in [9.17, 15) is 9.59 Å². The number of nitrogens with zero attached hydrogens (tertiary/aromatic N) is 2. The highest BCUT2D eigenvalue weighted by Gasteiger charge is 2.13. The van der Waals surface area contributed by atoms with Crippen LogP contribution in [0.2, 0.25) is 0 Å². The fourth-order valence-corrected chi connectivity index (χ4v) is 2.59. The van der Waals surface area contributed by atoms with Crippen LogP contribution in [-0.2, 0) is 9.53 Å². The van der Waals surface area contributed by atoms with E-state index in [4.69, 9.17) is 10.00 Å². The summed E-state index contributed by atoms with van der Waals surface area (Å²) in [5.41, 5.74) is 1.31. The second-order valence-corrected chi connectivity index (χ2v) is 5.59. The predicted octanol–water partition coefficient (Wildman–Crippen LogP) is 1.71. The van der Waals surface area contributed by atoms with E-state index in [1.165, 1.54) is 24.8 Å². The number of hydrogen-bond acceptors (Lipinski definition) is 6. The lowest BCUT2D eigenvalue weighted by Crippen LogP contribution is -2.26.